The van der Waals surface area contributed by atoms with Gasteiger partial charge >= 0.3 is 0 Å². The number of furan rings is 1. The molecule has 2 aromatic rings. The highest BCUT2D eigenvalue weighted by Crippen LogP contribution is 2.31. The first-order valence-corrected chi connectivity index (χ1v) is 5.52. The molecule has 0 saturated heterocycles. The Morgan fingerprint density at radius 3 is 2.44 bits per heavy atom. The van der Waals surface area contributed by atoms with Gasteiger partial charge in [0, 0.05) is 6.07 Å². The van der Waals surface area contributed by atoms with Crippen LogP contribution in [0.25, 0.3) is 0 Å². The molecule has 0 amide bonds. The van der Waals surface area contributed by atoms with E-state index in [-0.39, 0.29) is 12.4 Å². The first-order valence-electron chi connectivity index (χ1n) is 5.52. The van der Waals surface area contributed by atoms with Crippen molar-refractivity contribution in [3.8, 4) is 17.4 Å². The average molecular weight is 270 g/mol. The van der Waals surface area contributed by atoms with Crippen molar-refractivity contribution < 1.29 is 13.9 Å². The number of hydrogen-bond acceptors (Lipinski definition) is 4. The standard InChI is InChI=1S/C13H15NO3.ClH/c1-2-15-11-5-3-4-6-12(11)17-13-8-7-10(9-14)16-13;/h3-8H,2,9,14H2,1H3;1H. The molecule has 4 nitrogen and oxygen atoms in total. The Morgan fingerprint density at radius 2 is 1.83 bits per heavy atom. The Balaban J connectivity index is 0.00000162. The van der Waals surface area contributed by atoms with Crippen molar-refractivity contribution in [1.29, 1.82) is 0 Å². The normalized spacial score (nSPS) is 9.67. The predicted octanol–water partition coefficient (Wildman–Crippen LogP) is 3.35. The molecule has 1 aromatic carbocycles. The molecule has 0 aliphatic rings. The molecule has 1 heterocycles. The summed E-state index contributed by atoms with van der Waals surface area (Å²) in [6.45, 7) is 2.87. The summed E-state index contributed by atoms with van der Waals surface area (Å²) < 4.78 is 16.4. The Bertz CT molecular complexity index is 485. The highest BCUT2D eigenvalue weighted by molar-refractivity contribution is 5.85. The van der Waals surface area contributed by atoms with E-state index in [9.17, 15) is 0 Å². The first kappa shape index (κ1) is 14.4. The van der Waals surface area contributed by atoms with E-state index in [1.54, 1.807) is 12.1 Å². The molecule has 0 fully saturated rings. The number of nitrogens with two attached hydrogens (primary N) is 1. The van der Waals surface area contributed by atoms with Crippen LogP contribution >= 0.6 is 12.4 Å². The van der Waals surface area contributed by atoms with Gasteiger partial charge in [0.2, 0.25) is 0 Å². The second-order valence-corrected chi connectivity index (χ2v) is 3.41. The Morgan fingerprint density at radius 1 is 1.11 bits per heavy atom. The minimum Gasteiger partial charge on any atom is -0.490 e. The zero-order chi connectivity index (χ0) is 12.1. The van der Waals surface area contributed by atoms with E-state index in [2.05, 4.69) is 0 Å². The molecular weight excluding hydrogens is 254 g/mol. The molecule has 5 heteroatoms. The quantitative estimate of drug-likeness (QED) is 0.904. The van der Waals surface area contributed by atoms with E-state index in [1.807, 2.05) is 31.2 Å². The van der Waals surface area contributed by atoms with Gasteiger partial charge in [0.15, 0.2) is 11.5 Å². The van der Waals surface area contributed by atoms with Gasteiger partial charge in [-0.3, -0.25) is 0 Å². The maximum Gasteiger partial charge on any atom is 0.290 e. The first-order chi connectivity index (χ1) is 8.33. The Hall–Kier alpha value is -1.65. The lowest BCUT2D eigenvalue weighted by atomic mass is 10.3. The molecule has 0 unspecified atom stereocenters. The topological polar surface area (TPSA) is 57.6 Å². The largest absolute Gasteiger partial charge is 0.490 e. The van der Waals surface area contributed by atoms with Gasteiger partial charge in [-0.15, -0.1) is 12.4 Å². The summed E-state index contributed by atoms with van der Waals surface area (Å²) in [6, 6.07) is 11.0. The monoisotopic (exact) mass is 269 g/mol. The number of halogens is 1. The molecule has 0 radical (unpaired) electrons. The summed E-state index contributed by atoms with van der Waals surface area (Å²) in [5, 5.41) is 0. The lowest BCUT2D eigenvalue weighted by Crippen LogP contribution is -1.94. The summed E-state index contributed by atoms with van der Waals surface area (Å²) >= 11 is 0. The van der Waals surface area contributed by atoms with Crippen LogP contribution < -0.4 is 15.2 Å². The minimum atomic E-state index is 0. The van der Waals surface area contributed by atoms with E-state index in [0.29, 0.717) is 36.4 Å². The summed E-state index contributed by atoms with van der Waals surface area (Å²) in [5.74, 6) is 2.43. The molecule has 0 saturated carbocycles. The van der Waals surface area contributed by atoms with E-state index < -0.39 is 0 Å². The van der Waals surface area contributed by atoms with Gasteiger partial charge in [-0.25, -0.2) is 0 Å². The van der Waals surface area contributed by atoms with Crippen molar-refractivity contribution in [3.63, 3.8) is 0 Å². The number of benzene rings is 1. The molecule has 0 bridgehead atoms. The minimum absolute atomic E-state index is 0. The number of ether oxygens (including phenoxy) is 2. The third-order valence-electron chi connectivity index (χ3n) is 2.20. The summed E-state index contributed by atoms with van der Waals surface area (Å²) in [4.78, 5) is 0. The predicted molar refractivity (Wildman–Crippen MR) is 71.5 cm³/mol. The lowest BCUT2D eigenvalue weighted by Gasteiger charge is -2.08. The smallest absolute Gasteiger partial charge is 0.290 e. The summed E-state index contributed by atoms with van der Waals surface area (Å²) in [7, 11) is 0. The van der Waals surface area contributed by atoms with Crippen LogP contribution in [0, 0.1) is 0 Å². The second kappa shape index (κ2) is 6.93. The fourth-order valence-corrected chi connectivity index (χ4v) is 1.44. The molecule has 1 aromatic heterocycles. The van der Waals surface area contributed by atoms with Crippen LogP contribution in [0.2, 0.25) is 0 Å². The maximum absolute atomic E-state index is 5.60. The maximum atomic E-state index is 5.60. The van der Waals surface area contributed by atoms with Crippen LogP contribution in [0.5, 0.6) is 17.4 Å². The molecular formula is C13H16ClNO3. The molecule has 0 aliphatic carbocycles. The van der Waals surface area contributed by atoms with E-state index in [1.165, 1.54) is 0 Å². The van der Waals surface area contributed by atoms with Crippen LogP contribution in [0.3, 0.4) is 0 Å². The van der Waals surface area contributed by atoms with Gasteiger partial charge in [-0.05, 0) is 25.1 Å². The molecule has 18 heavy (non-hydrogen) atoms. The average Bonchev–Trinajstić information content (AvgIpc) is 2.80. The molecule has 98 valence electrons. The van der Waals surface area contributed by atoms with Crippen LogP contribution in [-0.2, 0) is 6.54 Å². The number of hydrogen-bond donors (Lipinski definition) is 1. The van der Waals surface area contributed by atoms with Crippen molar-refractivity contribution in [2.45, 2.75) is 13.5 Å². The van der Waals surface area contributed by atoms with Crippen LogP contribution in [0.15, 0.2) is 40.8 Å². The van der Waals surface area contributed by atoms with Crippen LogP contribution in [-0.4, -0.2) is 6.61 Å². The molecule has 2 N–H and O–H groups in total. The zero-order valence-corrected chi connectivity index (χ0v) is 10.9. The molecule has 2 rings (SSSR count). The fraction of sp³-hybridized carbons (Fsp3) is 0.231. The SMILES string of the molecule is CCOc1ccccc1Oc1ccc(CN)o1.Cl. The van der Waals surface area contributed by atoms with Gasteiger partial charge in [-0.1, -0.05) is 12.1 Å². The third kappa shape index (κ3) is 3.42. The fourth-order valence-electron chi connectivity index (χ4n) is 1.44. The van der Waals surface area contributed by atoms with Crippen LogP contribution in [0.1, 0.15) is 12.7 Å². The van der Waals surface area contributed by atoms with Crippen molar-refractivity contribution >= 4 is 12.4 Å². The molecule has 0 atom stereocenters. The van der Waals surface area contributed by atoms with Crippen molar-refractivity contribution in [2.24, 2.45) is 5.73 Å². The zero-order valence-electron chi connectivity index (χ0n) is 10.1. The summed E-state index contributed by atoms with van der Waals surface area (Å²) in [6.07, 6.45) is 0. The number of para-hydroxylation sites is 2. The van der Waals surface area contributed by atoms with Gasteiger partial charge in [0.25, 0.3) is 5.95 Å². The van der Waals surface area contributed by atoms with Gasteiger partial charge < -0.3 is 19.6 Å². The Kier molecular flexibility index (Phi) is 5.55. The van der Waals surface area contributed by atoms with E-state index >= 15 is 0 Å². The van der Waals surface area contributed by atoms with Crippen molar-refractivity contribution in [3.05, 3.63) is 42.2 Å². The van der Waals surface area contributed by atoms with Crippen molar-refractivity contribution in [2.75, 3.05) is 6.61 Å². The lowest BCUT2D eigenvalue weighted by molar-refractivity contribution is 0.293. The summed E-state index contributed by atoms with van der Waals surface area (Å²) in [5.41, 5.74) is 5.46. The Labute approximate surface area is 112 Å². The molecule has 0 spiro atoms. The van der Waals surface area contributed by atoms with E-state index in [0.717, 1.165) is 0 Å². The van der Waals surface area contributed by atoms with Gasteiger partial charge in [0.05, 0.1) is 13.2 Å². The third-order valence-corrected chi connectivity index (χ3v) is 2.20. The second-order valence-electron chi connectivity index (χ2n) is 3.41. The molecule has 0 aliphatic heterocycles. The van der Waals surface area contributed by atoms with Gasteiger partial charge in [0.1, 0.15) is 5.76 Å². The van der Waals surface area contributed by atoms with Gasteiger partial charge in [-0.2, -0.15) is 0 Å². The van der Waals surface area contributed by atoms with Crippen molar-refractivity contribution in [1.82, 2.24) is 0 Å². The highest BCUT2D eigenvalue weighted by Gasteiger charge is 2.07. The van der Waals surface area contributed by atoms with Crippen LogP contribution in [0.4, 0.5) is 0 Å². The van der Waals surface area contributed by atoms with E-state index in [4.69, 9.17) is 19.6 Å². The number of rotatable bonds is 5. The highest BCUT2D eigenvalue weighted by atomic mass is 35.5.